The van der Waals surface area contributed by atoms with Crippen LogP contribution in [0.15, 0.2) is 42.5 Å². The van der Waals surface area contributed by atoms with Gasteiger partial charge in [-0.1, -0.05) is 49.6 Å². The maximum absolute atomic E-state index is 13.4. The van der Waals surface area contributed by atoms with E-state index in [0.717, 1.165) is 48.8 Å². The summed E-state index contributed by atoms with van der Waals surface area (Å²) >= 11 is 0. The van der Waals surface area contributed by atoms with Gasteiger partial charge in [0.25, 0.3) is 5.91 Å². The van der Waals surface area contributed by atoms with Crippen LogP contribution in [0, 0.1) is 6.92 Å². The second-order valence-corrected chi connectivity index (χ2v) is 14.0. The maximum Gasteiger partial charge on any atom is 0.326 e. The topological polar surface area (TPSA) is 122 Å². The molecule has 2 unspecified atom stereocenters. The second-order valence-electron chi connectivity index (χ2n) is 11.7. The minimum absolute atomic E-state index is 0.130. The van der Waals surface area contributed by atoms with E-state index in [0.29, 0.717) is 30.4 Å². The molecule has 0 aromatic heterocycles. The molecule has 4 rings (SSSR count). The van der Waals surface area contributed by atoms with Crippen molar-refractivity contribution in [3.63, 3.8) is 0 Å². The molecule has 2 aromatic carbocycles. The van der Waals surface area contributed by atoms with Gasteiger partial charge in [0.2, 0.25) is 0 Å². The zero-order valence-corrected chi connectivity index (χ0v) is 25.7. The van der Waals surface area contributed by atoms with Crippen LogP contribution >= 0.6 is 0 Å². The van der Waals surface area contributed by atoms with Crippen LogP contribution in [-0.4, -0.2) is 86.9 Å². The molecule has 2 aliphatic rings. The molecular weight excluding hydrogens is 556 g/mol. The Kier molecular flexibility index (Phi) is 11.2. The van der Waals surface area contributed by atoms with Gasteiger partial charge in [0.15, 0.2) is 0 Å². The molecule has 0 bridgehead atoms. The van der Waals surface area contributed by atoms with E-state index in [1.54, 1.807) is 13.2 Å². The van der Waals surface area contributed by atoms with Gasteiger partial charge in [-0.3, -0.25) is 9.69 Å². The normalized spacial score (nSPS) is 20.8. The number of methoxy groups -OCH3 is 1. The summed E-state index contributed by atoms with van der Waals surface area (Å²) in [7, 11) is -1.64. The first-order valence-corrected chi connectivity index (χ1v) is 16.9. The fraction of sp³-hybridized carbons (Fsp3) is 0.562. The molecule has 1 aliphatic heterocycles. The minimum Gasteiger partial charge on any atom is -0.480 e. The summed E-state index contributed by atoms with van der Waals surface area (Å²) in [6.07, 6.45) is 8.20. The zero-order valence-electron chi connectivity index (χ0n) is 24.9. The van der Waals surface area contributed by atoms with Gasteiger partial charge in [0, 0.05) is 38.1 Å². The molecule has 1 aliphatic carbocycles. The number of carboxylic acid groups (broad SMARTS) is 1. The molecule has 10 heteroatoms. The average Bonchev–Trinajstić information content (AvgIpc) is 3.35. The predicted octanol–water partition coefficient (Wildman–Crippen LogP) is 4.22. The highest BCUT2D eigenvalue weighted by molar-refractivity contribution is 7.90. The number of carboxylic acids is 1. The number of hydrogen-bond acceptors (Lipinski definition) is 7. The van der Waals surface area contributed by atoms with Gasteiger partial charge in [0.1, 0.15) is 15.9 Å². The molecule has 1 saturated carbocycles. The smallest absolute Gasteiger partial charge is 0.326 e. The van der Waals surface area contributed by atoms with Crippen molar-refractivity contribution >= 4 is 21.7 Å². The number of benzene rings is 2. The highest BCUT2D eigenvalue weighted by atomic mass is 32.2. The van der Waals surface area contributed by atoms with Crippen molar-refractivity contribution in [2.45, 2.75) is 82.7 Å². The standard InChI is InChI=1S/C32H44N2O7S/c1-22-9-7-8-12-27(22)29-17-23(13-14-28(29)31(35)33-30(32(36)37)15-16-42(3,38)39)19-34-20-26(40-2)18-24(34)21-41-25-10-5-4-6-11-25/h7-9,12-14,17,24-26,30H,4-6,10-11,15-16,18-21H2,1-3H3,(H,33,35)(H,36,37)/t24-,26?,30?/m0/s1. The summed E-state index contributed by atoms with van der Waals surface area (Å²) in [5, 5.41) is 12.2. The van der Waals surface area contributed by atoms with E-state index < -0.39 is 27.8 Å². The van der Waals surface area contributed by atoms with Crippen LogP contribution in [0.1, 0.15) is 66.4 Å². The maximum atomic E-state index is 13.4. The molecule has 1 amide bonds. The van der Waals surface area contributed by atoms with E-state index in [4.69, 9.17) is 9.47 Å². The summed E-state index contributed by atoms with van der Waals surface area (Å²) in [6, 6.07) is 12.3. The van der Waals surface area contributed by atoms with Crippen LogP contribution < -0.4 is 5.32 Å². The van der Waals surface area contributed by atoms with E-state index in [2.05, 4.69) is 10.2 Å². The first-order chi connectivity index (χ1) is 20.0. The number of carbonyl (C=O) groups is 2. The van der Waals surface area contributed by atoms with Gasteiger partial charge in [-0.2, -0.15) is 0 Å². The Balaban J connectivity index is 1.57. The summed E-state index contributed by atoms with van der Waals surface area (Å²) < 4.78 is 35.3. The first-order valence-electron chi connectivity index (χ1n) is 14.8. The Morgan fingerprint density at radius 1 is 1.07 bits per heavy atom. The lowest BCUT2D eigenvalue weighted by Crippen LogP contribution is -2.42. The number of nitrogens with zero attached hydrogens (tertiary/aromatic N) is 1. The van der Waals surface area contributed by atoms with Gasteiger partial charge >= 0.3 is 5.97 Å². The Labute approximate surface area is 249 Å². The average molecular weight is 601 g/mol. The molecule has 3 atom stereocenters. The van der Waals surface area contributed by atoms with Crippen molar-refractivity contribution in [3.8, 4) is 11.1 Å². The number of carbonyl (C=O) groups excluding carboxylic acids is 1. The largest absolute Gasteiger partial charge is 0.480 e. The quantitative estimate of drug-likeness (QED) is 0.351. The molecule has 0 spiro atoms. The molecule has 9 nitrogen and oxygen atoms in total. The molecule has 230 valence electrons. The molecule has 2 fully saturated rings. The Morgan fingerprint density at radius 3 is 2.48 bits per heavy atom. The lowest BCUT2D eigenvalue weighted by atomic mass is 9.93. The monoisotopic (exact) mass is 600 g/mol. The third-order valence-electron chi connectivity index (χ3n) is 8.43. The number of amides is 1. The van der Waals surface area contributed by atoms with Crippen molar-refractivity contribution in [3.05, 3.63) is 59.2 Å². The summed E-state index contributed by atoms with van der Waals surface area (Å²) in [5.74, 6) is -2.16. The Morgan fingerprint density at radius 2 is 1.81 bits per heavy atom. The number of aliphatic carboxylic acids is 1. The van der Waals surface area contributed by atoms with Crippen molar-refractivity contribution in [1.29, 1.82) is 0 Å². The highest BCUT2D eigenvalue weighted by Crippen LogP contribution is 2.31. The number of hydrogen-bond donors (Lipinski definition) is 2. The lowest BCUT2D eigenvalue weighted by Gasteiger charge is -2.28. The van der Waals surface area contributed by atoms with Crippen LogP contribution in [0.3, 0.4) is 0 Å². The van der Waals surface area contributed by atoms with Crippen LogP contribution in [-0.2, 0) is 30.7 Å². The van der Waals surface area contributed by atoms with Gasteiger partial charge in [0.05, 0.1) is 24.6 Å². The molecule has 1 saturated heterocycles. The molecule has 2 N–H and O–H groups in total. The summed E-state index contributed by atoms with van der Waals surface area (Å²) in [6.45, 7) is 4.08. The predicted molar refractivity (Wildman–Crippen MR) is 162 cm³/mol. The van der Waals surface area contributed by atoms with Crippen molar-refractivity contribution < 1.29 is 32.6 Å². The van der Waals surface area contributed by atoms with Gasteiger partial charge < -0.3 is 19.9 Å². The van der Waals surface area contributed by atoms with Gasteiger partial charge in [-0.15, -0.1) is 0 Å². The van der Waals surface area contributed by atoms with Crippen molar-refractivity contribution in [2.24, 2.45) is 0 Å². The van der Waals surface area contributed by atoms with Crippen LogP contribution in [0.5, 0.6) is 0 Å². The number of likely N-dealkylation sites (tertiary alicyclic amines) is 1. The van der Waals surface area contributed by atoms with E-state index >= 15 is 0 Å². The summed E-state index contributed by atoms with van der Waals surface area (Å²) in [4.78, 5) is 27.7. The fourth-order valence-corrected chi connectivity index (χ4v) is 6.66. The van der Waals surface area contributed by atoms with E-state index in [-0.39, 0.29) is 24.3 Å². The number of sulfone groups is 1. The summed E-state index contributed by atoms with van der Waals surface area (Å²) in [5.41, 5.74) is 3.92. The van der Waals surface area contributed by atoms with Gasteiger partial charge in [-0.25, -0.2) is 13.2 Å². The second kappa shape index (κ2) is 14.6. The molecule has 42 heavy (non-hydrogen) atoms. The van der Waals surface area contributed by atoms with E-state index in [1.807, 2.05) is 43.3 Å². The minimum atomic E-state index is -3.39. The molecular formula is C32H44N2O7S. The van der Waals surface area contributed by atoms with Crippen LogP contribution in [0.4, 0.5) is 0 Å². The number of rotatable bonds is 13. The highest BCUT2D eigenvalue weighted by Gasteiger charge is 2.33. The van der Waals surface area contributed by atoms with Crippen molar-refractivity contribution in [1.82, 2.24) is 10.2 Å². The lowest BCUT2D eigenvalue weighted by molar-refractivity contribution is -0.139. The van der Waals surface area contributed by atoms with Gasteiger partial charge in [-0.05, 0) is 67.0 Å². The number of nitrogens with one attached hydrogen (secondary N) is 1. The van der Waals surface area contributed by atoms with Crippen LogP contribution in [0.2, 0.25) is 0 Å². The fourth-order valence-electron chi connectivity index (χ4n) is 6.00. The molecule has 0 radical (unpaired) electrons. The van der Waals surface area contributed by atoms with Crippen molar-refractivity contribution in [2.75, 3.05) is 32.3 Å². The van der Waals surface area contributed by atoms with E-state index in [9.17, 15) is 23.1 Å². The number of aryl methyl sites for hydroxylation is 1. The molecule has 1 heterocycles. The number of ether oxygens (including phenoxy) is 2. The zero-order chi connectivity index (χ0) is 30.3. The third-order valence-corrected chi connectivity index (χ3v) is 9.41. The third kappa shape index (κ3) is 8.86. The molecule has 2 aromatic rings. The SMILES string of the molecule is COC1C[C@@H](COC2CCCCC2)N(Cc2ccc(C(=O)NC(CCS(C)(=O)=O)C(=O)O)c(-c3ccccc3C)c2)C1. The first kappa shape index (κ1) is 32.1. The van der Waals surface area contributed by atoms with Crippen LogP contribution in [0.25, 0.3) is 11.1 Å². The Hall–Kier alpha value is -2.79. The van der Waals surface area contributed by atoms with E-state index in [1.165, 1.54) is 19.3 Å². The Bertz CT molecular complexity index is 1340.